The highest BCUT2D eigenvalue weighted by molar-refractivity contribution is 6.35. The molecule has 1 aromatic carbocycles. The monoisotopic (exact) mass is 416 g/mol. The molecule has 166 valence electrons. The number of morpholine rings is 1. The second kappa shape index (κ2) is 12.5. The van der Waals surface area contributed by atoms with Gasteiger partial charge in [-0.2, -0.15) is 0 Å². The Balaban J connectivity index is 1.28. The van der Waals surface area contributed by atoms with Gasteiger partial charge in [-0.15, -0.1) is 0 Å². The van der Waals surface area contributed by atoms with E-state index >= 15 is 0 Å². The third-order valence-corrected chi connectivity index (χ3v) is 5.86. The lowest BCUT2D eigenvalue weighted by atomic mass is 10.1. The zero-order chi connectivity index (χ0) is 21.0. The summed E-state index contributed by atoms with van der Waals surface area (Å²) in [7, 11) is 0. The number of nitrogens with zero attached hydrogens (tertiary/aromatic N) is 2. The highest BCUT2D eigenvalue weighted by Crippen LogP contribution is 2.20. The van der Waals surface area contributed by atoms with Gasteiger partial charge in [0.25, 0.3) is 0 Å². The zero-order valence-corrected chi connectivity index (χ0v) is 18.0. The fourth-order valence-electron chi connectivity index (χ4n) is 4.01. The largest absolute Gasteiger partial charge is 0.379 e. The molecule has 2 saturated heterocycles. The van der Waals surface area contributed by atoms with Gasteiger partial charge in [0.2, 0.25) is 0 Å². The number of anilines is 1. The van der Waals surface area contributed by atoms with Gasteiger partial charge in [0.15, 0.2) is 0 Å². The van der Waals surface area contributed by atoms with Crippen LogP contribution in [-0.2, 0) is 20.7 Å². The predicted octanol–water partition coefficient (Wildman–Crippen LogP) is 1.56. The molecule has 7 nitrogen and oxygen atoms in total. The molecule has 2 fully saturated rings. The standard InChI is InChI=1S/C23H36N4O3/c28-22(23(29)25-12-15-26-16-18-30-19-17-26)24-11-5-6-20-7-9-21(10-8-20)27-13-3-1-2-4-14-27/h7-10H,1-6,11-19H2,(H,24,28)(H,25,29). The van der Waals surface area contributed by atoms with Crippen molar-refractivity contribution in [3.63, 3.8) is 0 Å². The molecule has 0 unspecified atom stereocenters. The summed E-state index contributed by atoms with van der Waals surface area (Å²) < 4.78 is 5.30. The summed E-state index contributed by atoms with van der Waals surface area (Å²) in [4.78, 5) is 28.5. The van der Waals surface area contributed by atoms with E-state index in [2.05, 4.69) is 44.7 Å². The minimum absolute atomic E-state index is 0.482. The summed E-state index contributed by atoms with van der Waals surface area (Å²) in [5, 5.41) is 5.41. The van der Waals surface area contributed by atoms with Crippen LogP contribution in [0.5, 0.6) is 0 Å². The SMILES string of the molecule is O=C(NCCCc1ccc(N2CCCCCC2)cc1)C(=O)NCCN1CCOCC1. The van der Waals surface area contributed by atoms with Crippen LogP contribution in [0.4, 0.5) is 5.69 Å². The number of aryl methyl sites for hydroxylation is 1. The molecular formula is C23H36N4O3. The Hall–Kier alpha value is -2.12. The predicted molar refractivity (Wildman–Crippen MR) is 119 cm³/mol. The average molecular weight is 417 g/mol. The van der Waals surface area contributed by atoms with E-state index in [1.165, 1.54) is 36.9 Å². The maximum atomic E-state index is 11.9. The molecule has 0 saturated carbocycles. The van der Waals surface area contributed by atoms with Crippen molar-refractivity contribution in [2.24, 2.45) is 0 Å². The number of amides is 2. The van der Waals surface area contributed by atoms with Crippen LogP contribution in [0.3, 0.4) is 0 Å². The Kier molecular flexibility index (Phi) is 9.44. The lowest BCUT2D eigenvalue weighted by molar-refractivity contribution is -0.139. The van der Waals surface area contributed by atoms with Gasteiger partial charge in [-0.05, 0) is 43.4 Å². The van der Waals surface area contributed by atoms with Crippen LogP contribution in [0.2, 0.25) is 0 Å². The van der Waals surface area contributed by atoms with Gasteiger partial charge < -0.3 is 20.3 Å². The van der Waals surface area contributed by atoms with Crippen molar-refractivity contribution in [3.05, 3.63) is 29.8 Å². The Bertz CT molecular complexity index is 651. The van der Waals surface area contributed by atoms with Crippen LogP contribution in [0, 0.1) is 0 Å². The summed E-state index contributed by atoms with van der Waals surface area (Å²) in [6, 6.07) is 8.78. The highest BCUT2D eigenvalue weighted by atomic mass is 16.5. The quantitative estimate of drug-likeness (QED) is 0.497. The molecule has 2 aliphatic heterocycles. The Morgan fingerprint density at radius 2 is 1.47 bits per heavy atom. The first-order valence-corrected chi connectivity index (χ1v) is 11.4. The molecule has 2 N–H and O–H groups in total. The van der Waals surface area contributed by atoms with Crippen molar-refractivity contribution in [2.45, 2.75) is 38.5 Å². The number of rotatable bonds is 8. The number of benzene rings is 1. The maximum absolute atomic E-state index is 11.9. The van der Waals surface area contributed by atoms with E-state index in [9.17, 15) is 9.59 Å². The van der Waals surface area contributed by atoms with E-state index in [-0.39, 0.29) is 0 Å². The van der Waals surface area contributed by atoms with E-state index in [1.807, 2.05) is 0 Å². The van der Waals surface area contributed by atoms with Gasteiger partial charge in [0, 0.05) is 51.5 Å². The molecule has 30 heavy (non-hydrogen) atoms. The Labute approximate surface area is 180 Å². The normalized spacial score (nSPS) is 17.9. The highest BCUT2D eigenvalue weighted by Gasteiger charge is 2.14. The third-order valence-electron chi connectivity index (χ3n) is 5.86. The second-order valence-electron chi connectivity index (χ2n) is 8.14. The minimum atomic E-state index is -0.551. The molecule has 7 heteroatoms. The van der Waals surface area contributed by atoms with Gasteiger partial charge in [-0.3, -0.25) is 14.5 Å². The lowest BCUT2D eigenvalue weighted by Gasteiger charge is -2.26. The molecule has 2 amide bonds. The number of nitrogens with one attached hydrogen (secondary N) is 2. The van der Waals surface area contributed by atoms with E-state index < -0.39 is 11.8 Å². The van der Waals surface area contributed by atoms with Gasteiger partial charge in [-0.25, -0.2) is 0 Å². The van der Waals surface area contributed by atoms with Crippen molar-refractivity contribution >= 4 is 17.5 Å². The van der Waals surface area contributed by atoms with Gasteiger partial charge >= 0.3 is 11.8 Å². The van der Waals surface area contributed by atoms with Crippen molar-refractivity contribution in [1.29, 1.82) is 0 Å². The van der Waals surface area contributed by atoms with Crippen LogP contribution >= 0.6 is 0 Å². The Morgan fingerprint density at radius 1 is 0.833 bits per heavy atom. The van der Waals surface area contributed by atoms with Crippen LogP contribution in [-0.4, -0.2) is 75.7 Å². The number of hydrogen-bond donors (Lipinski definition) is 2. The minimum Gasteiger partial charge on any atom is -0.379 e. The van der Waals surface area contributed by atoms with Crippen LogP contribution < -0.4 is 15.5 Å². The first-order valence-electron chi connectivity index (χ1n) is 11.4. The summed E-state index contributed by atoms with van der Waals surface area (Å²) in [6.07, 6.45) is 6.94. The average Bonchev–Trinajstić information content (AvgIpc) is 3.07. The van der Waals surface area contributed by atoms with Gasteiger partial charge in [0.05, 0.1) is 13.2 Å². The smallest absolute Gasteiger partial charge is 0.309 e. The molecule has 0 aliphatic carbocycles. The van der Waals surface area contributed by atoms with Gasteiger partial charge in [-0.1, -0.05) is 25.0 Å². The van der Waals surface area contributed by atoms with Gasteiger partial charge in [0.1, 0.15) is 0 Å². The summed E-state index contributed by atoms with van der Waals surface area (Å²) in [5.74, 6) is -1.10. The molecule has 0 atom stereocenters. The van der Waals surface area contributed by atoms with Crippen molar-refractivity contribution in [2.75, 3.05) is 63.9 Å². The van der Waals surface area contributed by atoms with E-state index in [1.54, 1.807) is 0 Å². The van der Waals surface area contributed by atoms with E-state index in [0.717, 1.165) is 58.8 Å². The molecule has 3 rings (SSSR count). The molecule has 0 aromatic heterocycles. The molecule has 0 radical (unpaired) electrons. The molecule has 2 heterocycles. The zero-order valence-electron chi connectivity index (χ0n) is 18.0. The van der Waals surface area contributed by atoms with Crippen molar-refractivity contribution < 1.29 is 14.3 Å². The summed E-state index contributed by atoms with van der Waals surface area (Å²) in [6.45, 7) is 7.25. The number of hydrogen-bond acceptors (Lipinski definition) is 5. The maximum Gasteiger partial charge on any atom is 0.309 e. The first kappa shape index (κ1) is 22.6. The lowest BCUT2D eigenvalue weighted by Crippen LogP contribution is -2.45. The molecule has 0 bridgehead atoms. The van der Waals surface area contributed by atoms with E-state index in [0.29, 0.717) is 13.1 Å². The molecular weight excluding hydrogens is 380 g/mol. The van der Waals surface area contributed by atoms with Crippen molar-refractivity contribution in [1.82, 2.24) is 15.5 Å². The third kappa shape index (κ3) is 7.61. The molecule has 2 aliphatic rings. The fraction of sp³-hybridized carbons (Fsp3) is 0.652. The number of ether oxygens (including phenoxy) is 1. The summed E-state index contributed by atoms with van der Waals surface area (Å²) >= 11 is 0. The molecule has 0 spiro atoms. The Morgan fingerprint density at radius 3 is 2.13 bits per heavy atom. The van der Waals surface area contributed by atoms with Crippen LogP contribution in [0.1, 0.15) is 37.7 Å². The topological polar surface area (TPSA) is 73.9 Å². The van der Waals surface area contributed by atoms with Crippen LogP contribution in [0.15, 0.2) is 24.3 Å². The van der Waals surface area contributed by atoms with Crippen molar-refractivity contribution in [3.8, 4) is 0 Å². The second-order valence-corrected chi connectivity index (χ2v) is 8.14. The summed E-state index contributed by atoms with van der Waals surface area (Å²) in [5.41, 5.74) is 2.57. The molecule has 1 aromatic rings. The van der Waals surface area contributed by atoms with E-state index in [4.69, 9.17) is 4.74 Å². The number of carbonyl (C=O) groups is 2. The fourth-order valence-corrected chi connectivity index (χ4v) is 4.01. The first-order chi connectivity index (χ1) is 14.7. The van der Waals surface area contributed by atoms with Crippen LogP contribution in [0.25, 0.3) is 0 Å². The number of carbonyl (C=O) groups excluding carboxylic acids is 2.